The molecule has 1 amide bonds. The third-order valence-corrected chi connectivity index (χ3v) is 2.66. The third-order valence-electron chi connectivity index (χ3n) is 2.66. The molecule has 1 aromatic rings. The van der Waals surface area contributed by atoms with Gasteiger partial charge in [-0.05, 0) is 25.0 Å². The summed E-state index contributed by atoms with van der Waals surface area (Å²) in [5.74, 6) is -2.32. The van der Waals surface area contributed by atoms with Crippen LogP contribution in [-0.2, 0) is 0 Å². The number of amides is 1. The molecule has 1 rings (SSSR count). The Kier molecular flexibility index (Phi) is 4.43. The minimum absolute atomic E-state index is 0.00572. The number of anilines is 1. The molecule has 0 saturated heterocycles. The summed E-state index contributed by atoms with van der Waals surface area (Å²) < 4.78 is 26.3. The zero-order chi connectivity index (χ0) is 13.0. The Labute approximate surface area is 99.0 Å². The van der Waals surface area contributed by atoms with Crippen LogP contribution in [0.25, 0.3) is 0 Å². The Hall–Kier alpha value is -1.65. The van der Waals surface area contributed by atoms with Crippen LogP contribution < -0.4 is 11.1 Å². The van der Waals surface area contributed by atoms with Crippen molar-refractivity contribution in [2.24, 2.45) is 0 Å². The highest BCUT2D eigenvalue weighted by molar-refractivity contribution is 5.94. The van der Waals surface area contributed by atoms with Crippen molar-refractivity contribution in [3.8, 4) is 0 Å². The summed E-state index contributed by atoms with van der Waals surface area (Å²) >= 11 is 0. The van der Waals surface area contributed by atoms with Gasteiger partial charge in [-0.25, -0.2) is 8.78 Å². The van der Waals surface area contributed by atoms with E-state index in [-0.39, 0.29) is 11.6 Å². The number of carbonyl (C=O) groups is 1. The predicted molar refractivity (Wildman–Crippen MR) is 62.6 cm³/mol. The fourth-order valence-electron chi connectivity index (χ4n) is 1.48. The average molecular weight is 242 g/mol. The van der Waals surface area contributed by atoms with Gasteiger partial charge >= 0.3 is 0 Å². The smallest absolute Gasteiger partial charge is 0.251 e. The van der Waals surface area contributed by atoms with Gasteiger partial charge < -0.3 is 11.1 Å². The second-order valence-electron chi connectivity index (χ2n) is 3.84. The van der Waals surface area contributed by atoms with Crippen molar-refractivity contribution in [1.29, 1.82) is 0 Å². The summed E-state index contributed by atoms with van der Waals surface area (Å²) in [4.78, 5) is 11.7. The molecule has 0 unspecified atom stereocenters. The second-order valence-corrected chi connectivity index (χ2v) is 3.84. The van der Waals surface area contributed by atoms with Crippen LogP contribution in [0.3, 0.4) is 0 Å². The third kappa shape index (κ3) is 3.15. The molecule has 0 spiro atoms. The Balaban J connectivity index is 2.90. The van der Waals surface area contributed by atoms with E-state index < -0.39 is 23.2 Å². The maximum atomic E-state index is 13.2. The van der Waals surface area contributed by atoms with E-state index in [4.69, 9.17) is 5.73 Å². The molecule has 0 fully saturated rings. The summed E-state index contributed by atoms with van der Waals surface area (Å²) in [5, 5.41) is 2.69. The van der Waals surface area contributed by atoms with Crippen molar-refractivity contribution in [2.75, 3.05) is 5.73 Å². The molecule has 0 atom stereocenters. The monoisotopic (exact) mass is 242 g/mol. The van der Waals surface area contributed by atoms with Crippen LogP contribution in [0.4, 0.5) is 14.5 Å². The first-order valence-electron chi connectivity index (χ1n) is 5.54. The number of rotatable bonds is 4. The van der Waals surface area contributed by atoms with E-state index in [0.29, 0.717) is 0 Å². The van der Waals surface area contributed by atoms with Crippen molar-refractivity contribution in [3.63, 3.8) is 0 Å². The quantitative estimate of drug-likeness (QED) is 0.797. The van der Waals surface area contributed by atoms with E-state index in [9.17, 15) is 13.6 Å². The zero-order valence-electron chi connectivity index (χ0n) is 9.89. The molecule has 0 aliphatic carbocycles. The van der Waals surface area contributed by atoms with E-state index in [0.717, 1.165) is 25.0 Å². The number of nitrogens with one attached hydrogen (secondary N) is 1. The second kappa shape index (κ2) is 5.61. The highest BCUT2D eigenvalue weighted by Crippen LogP contribution is 2.17. The van der Waals surface area contributed by atoms with Gasteiger partial charge in [0.1, 0.15) is 17.3 Å². The lowest BCUT2D eigenvalue weighted by Gasteiger charge is -2.14. The number of halogens is 2. The predicted octanol–water partition coefficient (Wildman–Crippen LogP) is 2.47. The van der Waals surface area contributed by atoms with Gasteiger partial charge in [-0.3, -0.25) is 4.79 Å². The molecule has 1 aromatic carbocycles. The topological polar surface area (TPSA) is 55.1 Å². The SMILES string of the molecule is CCC(CC)NC(=O)c1cc(F)c(N)c(F)c1. The van der Waals surface area contributed by atoms with Crippen molar-refractivity contribution >= 4 is 11.6 Å². The standard InChI is InChI=1S/C12H16F2N2O/c1-3-8(4-2)16-12(17)7-5-9(13)11(15)10(14)6-7/h5-6,8H,3-4,15H2,1-2H3,(H,16,17). The Morgan fingerprint density at radius 2 is 1.76 bits per heavy atom. The molecule has 0 radical (unpaired) electrons. The van der Waals surface area contributed by atoms with Gasteiger partial charge in [-0.1, -0.05) is 13.8 Å². The van der Waals surface area contributed by atoms with Crippen LogP contribution in [-0.4, -0.2) is 11.9 Å². The van der Waals surface area contributed by atoms with Crippen LogP contribution in [0, 0.1) is 11.6 Å². The summed E-state index contributed by atoms with van der Waals surface area (Å²) in [6, 6.07) is 1.89. The van der Waals surface area contributed by atoms with Gasteiger partial charge in [0.25, 0.3) is 5.91 Å². The largest absolute Gasteiger partial charge is 0.394 e. The maximum Gasteiger partial charge on any atom is 0.251 e. The molecule has 0 aromatic heterocycles. The van der Waals surface area contributed by atoms with Gasteiger partial charge in [-0.2, -0.15) is 0 Å². The Bertz CT molecular complexity index is 394. The van der Waals surface area contributed by atoms with Crippen molar-refractivity contribution in [2.45, 2.75) is 32.7 Å². The molecule has 3 nitrogen and oxygen atoms in total. The number of nitrogens with two attached hydrogens (primary N) is 1. The summed E-state index contributed by atoms with van der Waals surface area (Å²) in [7, 11) is 0. The highest BCUT2D eigenvalue weighted by atomic mass is 19.1. The van der Waals surface area contributed by atoms with E-state index in [2.05, 4.69) is 5.32 Å². The minimum atomic E-state index is -0.917. The van der Waals surface area contributed by atoms with Gasteiger partial charge in [0.2, 0.25) is 0 Å². The van der Waals surface area contributed by atoms with E-state index >= 15 is 0 Å². The molecule has 94 valence electrons. The first kappa shape index (κ1) is 13.4. The Morgan fingerprint density at radius 1 is 1.29 bits per heavy atom. The lowest BCUT2D eigenvalue weighted by molar-refractivity contribution is 0.0934. The van der Waals surface area contributed by atoms with Crippen LogP contribution >= 0.6 is 0 Å². The molecular weight excluding hydrogens is 226 g/mol. The molecule has 0 saturated carbocycles. The van der Waals surface area contributed by atoms with E-state index in [1.807, 2.05) is 13.8 Å². The lowest BCUT2D eigenvalue weighted by Crippen LogP contribution is -2.33. The van der Waals surface area contributed by atoms with Crippen LogP contribution in [0.1, 0.15) is 37.0 Å². The fourth-order valence-corrected chi connectivity index (χ4v) is 1.48. The van der Waals surface area contributed by atoms with Crippen molar-refractivity contribution < 1.29 is 13.6 Å². The van der Waals surface area contributed by atoms with Gasteiger partial charge in [0, 0.05) is 11.6 Å². The number of benzene rings is 1. The first-order chi connectivity index (χ1) is 7.99. The number of carbonyl (C=O) groups excluding carboxylic acids is 1. The number of hydrogen-bond donors (Lipinski definition) is 2. The molecule has 5 heteroatoms. The van der Waals surface area contributed by atoms with Crippen molar-refractivity contribution in [1.82, 2.24) is 5.32 Å². The minimum Gasteiger partial charge on any atom is -0.394 e. The molecule has 0 heterocycles. The van der Waals surface area contributed by atoms with Gasteiger partial charge in [-0.15, -0.1) is 0 Å². The van der Waals surface area contributed by atoms with Crippen LogP contribution in [0.15, 0.2) is 12.1 Å². The molecule has 17 heavy (non-hydrogen) atoms. The van der Waals surface area contributed by atoms with E-state index in [1.165, 1.54) is 0 Å². The number of hydrogen-bond acceptors (Lipinski definition) is 2. The first-order valence-corrected chi connectivity index (χ1v) is 5.54. The maximum absolute atomic E-state index is 13.2. The lowest BCUT2D eigenvalue weighted by atomic mass is 10.1. The molecule has 0 aliphatic heterocycles. The fraction of sp³-hybridized carbons (Fsp3) is 0.417. The molecule has 3 N–H and O–H groups in total. The average Bonchev–Trinajstić information content (AvgIpc) is 2.31. The van der Waals surface area contributed by atoms with Crippen LogP contribution in [0.2, 0.25) is 0 Å². The summed E-state index contributed by atoms with van der Waals surface area (Å²) in [5.41, 5.74) is 4.50. The van der Waals surface area contributed by atoms with Crippen LogP contribution in [0.5, 0.6) is 0 Å². The van der Waals surface area contributed by atoms with E-state index in [1.54, 1.807) is 0 Å². The van der Waals surface area contributed by atoms with Crippen molar-refractivity contribution in [3.05, 3.63) is 29.3 Å². The normalized spacial score (nSPS) is 10.6. The molecule has 0 aliphatic rings. The Morgan fingerprint density at radius 3 is 2.18 bits per heavy atom. The van der Waals surface area contributed by atoms with Gasteiger partial charge in [0.05, 0.1) is 0 Å². The highest BCUT2D eigenvalue weighted by Gasteiger charge is 2.15. The zero-order valence-corrected chi connectivity index (χ0v) is 9.89. The molecule has 0 bridgehead atoms. The summed E-state index contributed by atoms with van der Waals surface area (Å²) in [6.45, 7) is 3.86. The molecular formula is C12H16F2N2O. The number of nitrogen functional groups attached to an aromatic ring is 1. The van der Waals surface area contributed by atoms with Gasteiger partial charge in [0.15, 0.2) is 0 Å². The summed E-state index contributed by atoms with van der Waals surface area (Å²) in [6.07, 6.45) is 1.53.